The largest absolute Gasteiger partial charge is 0.497 e. The lowest BCUT2D eigenvalue weighted by Gasteiger charge is -2.24. The first-order valence-corrected chi connectivity index (χ1v) is 10.4. The van der Waals surface area contributed by atoms with E-state index < -0.39 is 28.3 Å². The molecular formula is C21H20FN3O4S. The van der Waals surface area contributed by atoms with Crippen LogP contribution in [0, 0.1) is 5.82 Å². The number of rotatable bonds is 8. The van der Waals surface area contributed by atoms with Gasteiger partial charge >= 0.3 is 0 Å². The molecule has 3 aromatic rings. The Balaban J connectivity index is 1.86. The summed E-state index contributed by atoms with van der Waals surface area (Å²) in [5.41, 5.74) is 0.996. The van der Waals surface area contributed by atoms with Gasteiger partial charge in [0.1, 0.15) is 18.1 Å². The molecule has 0 atom stereocenters. The number of nitrogens with zero attached hydrogens (tertiary/aromatic N) is 2. The van der Waals surface area contributed by atoms with Crippen LogP contribution in [0.15, 0.2) is 78.0 Å². The fourth-order valence-corrected chi connectivity index (χ4v) is 4.11. The van der Waals surface area contributed by atoms with E-state index in [9.17, 15) is 17.6 Å². The summed E-state index contributed by atoms with van der Waals surface area (Å²) in [7, 11) is -2.61. The number of pyridine rings is 1. The number of benzene rings is 2. The maximum absolute atomic E-state index is 13.4. The molecule has 1 aromatic heterocycles. The van der Waals surface area contributed by atoms with Crippen molar-refractivity contribution in [2.45, 2.75) is 11.4 Å². The second kappa shape index (κ2) is 9.36. The first kappa shape index (κ1) is 21.3. The number of nitrogens with one attached hydrogen (secondary N) is 1. The van der Waals surface area contributed by atoms with E-state index in [1.807, 2.05) is 0 Å². The van der Waals surface area contributed by atoms with Crippen LogP contribution in [0.2, 0.25) is 0 Å². The molecule has 3 rings (SSSR count). The average molecular weight is 429 g/mol. The highest BCUT2D eigenvalue weighted by Crippen LogP contribution is 2.25. The van der Waals surface area contributed by atoms with Crippen molar-refractivity contribution in [2.24, 2.45) is 0 Å². The van der Waals surface area contributed by atoms with Gasteiger partial charge < -0.3 is 10.1 Å². The molecule has 0 saturated carbocycles. The van der Waals surface area contributed by atoms with Crippen molar-refractivity contribution in [3.8, 4) is 5.75 Å². The Labute approximate surface area is 174 Å². The van der Waals surface area contributed by atoms with Crippen molar-refractivity contribution in [3.63, 3.8) is 0 Å². The van der Waals surface area contributed by atoms with Gasteiger partial charge in [-0.25, -0.2) is 12.8 Å². The van der Waals surface area contributed by atoms with Crippen molar-refractivity contribution < 1.29 is 22.3 Å². The molecule has 1 amide bonds. The maximum Gasteiger partial charge on any atom is 0.264 e. The summed E-state index contributed by atoms with van der Waals surface area (Å²) >= 11 is 0. The predicted octanol–water partition coefficient (Wildman–Crippen LogP) is 2.74. The van der Waals surface area contributed by atoms with Crippen LogP contribution in [0.3, 0.4) is 0 Å². The van der Waals surface area contributed by atoms with E-state index in [0.29, 0.717) is 5.75 Å². The molecule has 0 spiro atoms. The lowest BCUT2D eigenvalue weighted by molar-refractivity contribution is -0.119. The van der Waals surface area contributed by atoms with Gasteiger partial charge in [0.05, 0.1) is 17.7 Å². The number of sulfonamides is 1. The molecule has 0 aliphatic carbocycles. The summed E-state index contributed by atoms with van der Waals surface area (Å²) in [5.74, 6) is -0.520. The monoisotopic (exact) mass is 429 g/mol. The first-order valence-electron chi connectivity index (χ1n) is 8.98. The van der Waals surface area contributed by atoms with Crippen LogP contribution < -0.4 is 14.4 Å². The number of hydrogen-bond acceptors (Lipinski definition) is 5. The van der Waals surface area contributed by atoms with E-state index in [1.54, 1.807) is 24.5 Å². The number of amides is 1. The van der Waals surface area contributed by atoms with E-state index in [4.69, 9.17) is 4.74 Å². The van der Waals surface area contributed by atoms with Gasteiger partial charge in [-0.3, -0.25) is 14.1 Å². The fraction of sp³-hybridized carbons (Fsp3) is 0.143. The third-order valence-corrected chi connectivity index (χ3v) is 6.08. The van der Waals surface area contributed by atoms with Crippen molar-refractivity contribution in [2.75, 3.05) is 18.0 Å². The van der Waals surface area contributed by atoms with Gasteiger partial charge in [-0.05, 0) is 66.2 Å². The molecule has 0 radical (unpaired) electrons. The van der Waals surface area contributed by atoms with Crippen LogP contribution in [0.25, 0.3) is 0 Å². The summed E-state index contributed by atoms with van der Waals surface area (Å²) in [4.78, 5) is 16.4. The zero-order valence-corrected chi connectivity index (χ0v) is 17.0. The zero-order chi connectivity index (χ0) is 21.6. The first-order chi connectivity index (χ1) is 14.4. The fourth-order valence-electron chi connectivity index (χ4n) is 2.68. The number of aromatic nitrogens is 1. The van der Waals surface area contributed by atoms with E-state index >= 15 is 0 Å². The Hall–Kier alpha value is -3.46. The summed E-state index contributed by atoms with van der Waals surface area (Å²) in [6, 6.07) is 14.2. The highest BCUT2D eigenvalue weighted by atomic mass is 32.2. The molecule has 30 heavy (non-hydrogen) atoms. The van der Waals surface area contributed by atoms with Crippen LogP contribution in [-0.4, -0.2) is 33.0 Å². The van der Waals surface area contributed by atoms with Gasteiger partial charge in [-0.2, -0.15) is 0 Å². The summed E-state index contributed by atoms with van der Waals surface area (Å²) in [6.07, 6.45) is 3.20. The van der Waals surface area contributed by atoms with Crippen molar-refractivity contribution in [1.82, 2.24) is 10.3 Å². The van der Waals surface area contributed by atoms with E-state index in [2.05, 4.69) is 10.3 Å². The number of hydrogen-bond donors (Lipinski definition) is 1. The molecule has 0 aliphatic rings. The SMILES string of the molecule is COc1ccc(S(=O)(=O)N(CC(=O)NCc2ccncc2)c2ccc(F)cc2)cc1. The van der Waals surface area contributed by atoms with Gasteiger partial charge in [-0.1, -0.05) is 0 Å². The Bertz CT molecular complexity index is 1090. The van der Waals surface area contributed by atoms with Gasteiger partial charge in [0.15, 0.2) is 0 Å². The van der Waals surface area contributed by atoms with E-state index in [1.165, 1.54) is 43.5 Å². The quantitative estimate of drug-likeness (QED) is 0.595. The van der Waals surface area contributed by atoms with Gasteiger partial charge in [-0.15, -0.1) is 0 Å². The standard InChI is InChI=1S/C21H20FN3O4S/c1-29-19-6-8-20(9-7-19)30(27,28)25(18-4-2-17(22)3-5-18)15-21(26)24-14-16-10-12-23-13-11-16/h2-13H,14-15H2,1H3,(H,24,26). The molecule has 7 nitrogen and oxygen atoms in total. The second-order valence-corrected chi connectivity index (χ2v) is 8.16. The number of anilines is 1. The zero-order valence-electron chi connectivity index (χ0n) is 16.2. The third kappa shape index (κ3) is 5.12. The molecule has 0 fully saturated rings. The van der Waals surface area contributed by atoms with E-state index in [-0.39, 0.29) is 17.1 Å². The number of carbonyl (C=O) groups is 1. The Kier molecular flexibility index (Phi) is 6.63. The lowest BCUT2D eigenvalue weighted by Crippen LogP contribution is -2.40. The van der Waals surface area contributed by atoms with Crippen molar-refractivity contribution >= 4 is 21.6 Å². The third-order valence-electron chi connectivity index (χ3n) is 4.29. The average Bonchev–Trinajstić information content (AvgIpc) is 2.77. The molecule has 1 N–H and O–H groups in total. The van der Waals surface area contributed by atoms with E-state index in [0.717, 1.165) is 22.0 Å². The Morgan fingerprint density at radius 2 is 1.67 bits per heavy atom. The number of methoxy groups -OCH3 is 1. The molecule has 9 heteroatoms. The molecule has 2 aromatic carbocycles. The topological polar surface area (TPSA) is 88.6 Å². The smallest absolute Gasteiger partial charge is 0.264 e. The van der Waals surface area contributed by atoms with Crippen LogP contribution in [0.5, 0.6) is 5.75 Å². The van der Waals surface area contributed by atoms with Crippen molar-refractivity contribution in [3.05, 3.63) is 84.4 Å². The minimum atomic E-state index is -4.09. The molecule has 0 unspecified atom stereocenters. The van der Waals surface area contributed by atoms with Crippen molar-refractivity contribution in [1.29, 1.82) is 0 Å². The minimum Gasteiger partial charge on any atom is -0.497 e. The molecular weight excluding hydrogens is 409 g/mol. The van der Waals surface area contributed by atoms with Crippen LogP contribution in [0.4, 0.5) is 10.1 Å². The number of ether oxygens (including phenoxy) is 1. The molecule has 156 valence electrons. The minimum absolute atomic E-state index is 0.0189. The molecule has 0 bridgehead atoms. The Morgan fingerprint density at radius 3 is 2.27 bits per heavy atom. The normalized spacial score (nSPS) is 11.0. The highest BCUT2D eigenvalue weighted by molar-refractivity contribution is 7.92. The van der Waals surface area contributed by atoms with Crippen LogP contribution >= 0.6 is 0 Å². The summed E-state index contributed by atoms with van der Waals surface area (Å²) in [5, 5.41) is 2.69. The van der Waals surface area contributed by atoms with Crippen LogP contribution in [0.1, 0.15) is 5.56 Å². The summed E-state index contributed by atoms with van der Waals surface area (Å²) in [6.45, 7) is -0.244. The van der Waals surface area contributed by atoms with Crippen LogP contribution in [-0.2, 0) is 21.4 Å². The Morgan fingerprint density at radius 1 is 1.03 bits per heavy atom. The van der Waals surface area contributed by atoms with Gasteiger partial charge in [0.25, 0.3) is 10.0 Å². The molecule has 0 saturated heterocycles. The second-order valence-electron chi connectivity index (χ2n) is 6.30. The van der Waals surface area contributed by atoms with Gasteiger partial charge in [0, 0.05) is 18.9 Å². The summed E-state index contributed by atoms with van der Waals surface area (Å²) < 4.78 is 45.8. The van der Waals surface area contributed by atoms with Gasteiger partial charge in [0.2, 0.25) is 5.91 Å². The highest BCUT2D eigenvalue weighted by Gasteiger charge is 2.27. The lowest BCUT2D eigenvalue weighted by atomic mass is 10.2. The predicted molar refractivity (Wildman–Crippen MR) is 110 cm³/mol. The maximum atomic E-state index is 13.4. The molecule has 0 aliphatic heterocycles. The number of carbonyl (C=O) groups excluding carboxylic acids is 1. The molecule has 1 heterocycles. The number of halogens is 1.